The minimum absolute atomic E-state index is 0.156. The molecular formula is C14H20O2. The Morgan fingerprint density at radius 3 is 2.19 bits per heavy atom. The van der Waals surface area contributed by atoms with Crippen LogP contribution < -0.4 is 4.74 Å². The van der Waals surface area contributed by atoms with E-state index in [0.717, 1.165) is 17.7 Å². The molecule has 0 saturated heterocycles. The average Bonchev–Trinajstić information content (AvgIpc) is 2.28. The van der Waals surface area contributed by atoms with Gasteiger partial charge in [0, 0.05) is 12.0 Å². The lowest BCUT2D eigenvalue weighted by molar-refractivity contribution is 0.0987. The van der Waals surface area contributed by atoms with Crippen LogP contribution in [-0.4, -0.2) is 11.4 Å². The van der Waals surface area contributed by atoms with Gasteiger partial charge in [-0.25, -0.2) is 0 Å². The van der Waals surface area contributed by atoms with Crippen LogP contribution in [0.4, 0.5) is 0 Å². The lowest BCUT2D eigenvalue weighted by atomic mass is 10.1. The molecule has 88 valence electrons. The first-order valence-electron chi connectivity index (χ1n) is 5.81. The number of Topliss-reactive ketones (excluding diaryl/α,β-unsaturated/α-hetero) is 1. The van der Waals surface area contributed by atoms with Crippen molar-refractivity contribution in [1.29, 1.82) is 0 Å². The van der Waals surface area contributed by atoms with E-state index < -0.39 is 0 Å². The van der Waals surface area contributed by atoms with Gasteiger partial charge in [0.25, 0.3) is 0 Å². The van der Waals surface area contributed by atoms with E-state index in [2.05, 4.69) is 20.8 Å². The van der Waals surface area contributed by atoms with Crippen LogP contribution in [0.3, 0.4) is 0 Å². The Morgan fingerprint density at radius 1 is 1.19 bits per heavy atom. The number of hydrogen-bond acceptors (Lipinski definition) is 2. The van der Waals surface area contributed by atoms with Crippen molar-refractivity contribution in [3.05, 3.63) is 29.8 Å². The Labute approximate surface area is 97.6 Å². The van der Waals surface area contributed by atoms with Crippen molar-refractivity contribution in [1.82, 2.24) is 0 Å². The predicted octanol–water partition coefficient (Wildman–Crippen LogP) is 3.85. The zero-order valence-corrected chi connectivity index (χ0v) is 10.5. The van der Waals surface area contributed by atoms with Gasteiger partial charge in [0.2, 0.25) is 0 Å². The van der Waals surface area contributed by atoms with Crippen molar-refractivity contribution in [2.75, 3.05) is 0 Å². The minimum Gasteiger partial charge on any atom is -0.488 e. The normalized spacial score (nSPS) is 11.2. The molecule has 0 spiro atoms. The summed E-state index contributed by atoms with van der Waals surface area (Å²) in [6, 6.07) is 7.38. The number of rotatable bonds is 5. The molecule has 0 aromatic heterocycles. The molecule has 1 aromatic rings. The number of benzene rings is 1. The number of hydrogen-bond donors (Lipinski definition) is 0. The fraction of sp³-hybridized carbons (Fsp3) is 0.500. The Balaban J connectivity index is 2.76. The third-order valence-electron chi connectivity index (χ3n) is 2.74. The topological polar surface area (TPSA) is 26.3 Å². The Morgan fingerprint density at radius 2 is 1.75 bits per heavy atom. The first kappa shape index (κ1) is 12.8. The maximum absolute atomic E-state index is 11.4. The average molecular weight is 220 g/mol. The van der Waals surface area contributed by atoms with Crippen LogP contribution >= 0.6 is 0 Å². The van der Waals surface area contributed by atoms with Gasteiger partial charge in [0.1, 0.15) is 11.4 Å². The Bertz CT molecular complexity index is 350. The summed E-state index contributed by atoms with van der Waals surface area (Å²) < 4.78 is 5.81. The van der Waals surface area contributed by atoms with E-state index in [0.29, 0.717) is 6.42 Å². The van der Waals surface area contributed by atoms with Crippen LogP contribution in [0.5, 0.6) is 5.75 Å². The van der Waals surface area contributed by atoms with Gasteiger partial charge >= 0.3 is 0 Å². The molecular weight excluding hydrogens is 200 g/mol. The lowest BCUT2D eigenvalue weighted by Gasteiger charge is -2.24. The fourth-order valence-electron chi connectivity index (χ4n) is 1.30. The monoisotopic (exact) mass is 220 g/mol. The number of carbonyl (C=O) groups excluding carboxylic acids is 1. The van der Waals surface area contributed by atoms with Crippen molar-refractivity contribution in [2.45, 2.75) is 46.1 Å². The van der Waals surface area contributed by atoms with E-state index in [9.17, 15) is 4.79 Å². The first-order valence-corrected chi connectivity index (χ1v) is 5.81. The second kappa shape index (κ2) is 5.15. The second-order valence-electron chi connectivity index (χ2n) is 4.52. The third kappa shape index (κ3) is 3.37. The fourth-order valence-corrected chi connectivity index (χ4v) is 1.30. The van der Waals surface area contributed by atoms with Crippen molar-refractivity contribution < 1.29 is 9.53 Å². The zero-order chi connectivity index (χ0) is 12.2. The Kier molecular flexibility index (Phi) is 4.11. The molecule has 2 nitrogen and oxygen atoms in total. The van der Waals surface area contributed by atoms with E-state index in [1.165, 1.54) is 0 Å². The van der Waals surface area contributed by atoms with Gasteiger partial charge in [-0.05, 0) is 44.5 Å². The molecule has 0 fully saturated rings. The number of ether oxygens (including phenoxy) is 1. The molecule has 0 amide bonds. The molecule has 1 aromatic carbocycles. The maximum atomic E-state index is 11.4. The summed E-state index contributed by atoms with van der Waals surface area (Å²) in [4.78, 5) is 11.4. The van der Waals surface area contributed by atoms with Gasteiger partial charge in [0.15, 0.2) is 5.78 Å². The lowest BCUT2D eigenvalue weighted by Crippen LogP contribution is -2.26. The van der Waals surface area contributed by atoms with E-state index >= 15 is 0 Å². The van der Waals surface area contributed by atoms with Gasteiger partial charge in [-0.1, -0.05) is 13.8 Å². The molecule has 16 heavy (non-hydrogen) atoms. The summed E-state index contributed by atoms with van der Waals surface area (Å²) in [5.41, 5.74) is 0.597. The molecule has 0 N–H and O–H groups in total. The van der Waals surface area contributed by atoms with Crippen LogP contribution in [0.1, 0.15) is 50.9 Å². The summed E-state index contributed by atoms with van der Waals surface area (Å²) in [6.07, 6.45) is 1.49. The van der Waals surface area contributed by atoms with Crippen molar-refractivity contribution in [3.63, 3.8) is 0 Å². The van der Waals surface area contributed by atoms with Crippen molar-refractivity contribution in [3.8, 4) is 5.75 Å². The minimum atomic E-state index is -0.156. The molecule has 0 bridgehead atoms. The van der Waals surface area contributed by atoms with Crippen molar-refractivity contribution >= 4 is 5.78 Å². The van der Waals surface area contributed by atoms with Crippen LogP contribution in [0.25, 0.3) is 0 Å². The summed E-state index contributed by atoms with van der Waals surface area (Å²) in [5.74, 6) is 0.987. The van der Waals surface area contributed by atoms with Crippen LogP contribution in [0, 0.1) is 0 Å². The highest BCUT2D eigenvalue weighted by molar-refractivity contribution is 5.95. The summed E-state index contributed by atoms with van der Waals surface area (Å²) in [7, 11) is 0. The number of ketones is 1. The van der Waals surface area contributed by atoms with Gasteiger partial charge < -0.3 is 4.74 Å². The second-order valence-corrected chi connectivity index (χ2v) is 4.52. The molecule has 0 aliphatic carbocycles. The van der Waals surface area contributed by atoms with Gasteiger partial charge in [-0.2, -0.15) is 0 Å². The zero-order valence-electron chi connectivity index (χ0n) is 10.5. The molecule has 0 unspecified atom stereocenters. The van der Waals surface area contributed by atoms with Crippen LogP contribution in [0.2, 0.25) is 0 Å². The van der Waals surface area contributed by atoms with Crippen LogP contribution in [0.15, 0.2) is 24.3 Å². The summed E-state index contributed by atoms with van der Waals surface area (Å²) in [5, 5.41) is 0. The third-order valence-corrected chi connectivity index (χ3v) is 2.74. The van der Waals surface area contributed by atoms with Crippen LogP contribution in [-0.2, 0) is 0 Å². The number of carbonyl (C=O) groups is 1. The molecule has 0 saturated carbocycles. The summed E-state index contributed by atoms with van der Waals surface area (Å²) in [6.45, 7) is 8.07. The molecule has 2 heteroatoms. The van der Waals surface area contributed by atoms with E-state index in [-0.39, 0.29) is 11.4 Å². The first-order chi connectivity index (χ1) is 7.48. The quantitative estimate of drug-likeness (QED) is 0.704. The smallest absolute Gasteiger partial charge is 0.162 e. The highest BCUT2D eigenvalue weighted by Gasteiger charge is 2.16. The highest BCUT2D eigenvalue weighted by atomic mass is 16.5. The summed E-state index contributed by atoms with van der Waals surface area (Å²) >= 11 is 0. The maximum Gasteiger partial charge on any atom is 0.162 e. The largest absolute Gasteiger partial charge is 0.488 e. The molecule has 0 aliphatic heterocycles. The van der Waals surface area contributed by atoms with Gasteiger partial charge in [0.05, 0.1) is 0 Å². The predicted molar refractivity (Wildman–Crippen MR) is 66.1 cm³/mol. The SMILES string of the molecule is CCC(=O)c1ccc(OC(C)(C)CC)cc1. The van der Waals surface area contributed by atoms with Crippen molar-refractivity contribution in [2.24, 2.45) is 0 Å². The van der Waals surface area contributed by atoms with E-state index in [4.69, 9.17) is 4.74 Å². The van der Waals surface area contributed by atoms with E-state index in [1.54, 1.807) is 0 Å². The molecule has 0 radical (unpaired) electrons. The van der Waals surface area contributed by atoms with E-state index in [1.807, 2.05) is 31.2 Å². The highest BCUT2D eigenvalue weighted by Crippen LogP contribution is 2.21. The Hall–Kier alpha value is -1.31. The van der Waals surface area contributed by atoms with Gasteiger partial charge in [-0.3, -0.25) is 4.79 Å². The molecule has 1 rings (SSSR count). The molecule has 0 heterocycles. The molecule has 0 aliphatic rings. The standard InChI is InChI=1S/C14H20O2/c1-5-13(15)11-7-9-12(10-8-11)16-14(3,4)6-2/h7-10H,5-6H2,1-4H3. The van der Waals surface area contributed by atoms with Gasteiger partial charge in [-0.15, -0.1) is 0 Å². The molecule has 0 atom stereocenters.